The van der Waals surface area contributed by atoms with Gasteiger partial charge >= 0.3 is 6.03 Å². The molecule has 2 heterocycles. The van der Waals surface area contributed by atoms with Gasteiger partial charge in [0, 0.05) is 6.54 Å². The topological polar surface area (TPSA) is 101 Å². The number of hydrogen-bond donors (Lipinski definition) is 1. The number of sulfone groups is 1. The Kier molecular flexibility index (Phi) is 2.51. The van der Waals surface area contributed by atoms with Gasteiger partial charge in [0.1, 0.15) is 5.41 Å². The molecule has 3 fully saturated rings. The smallest absolute Gasteiger partial charge is 0.277 e. The minimum absolute atomic E-state index is 0.103. The van der Waals surface area contributed by atoms with Gasteiger partial charge in [0.15, 0.2) is 9.84 Å². The van der Waals surface area contributed by atoms with Crippen molar-refractivity contribution in [2.75, 3.05) is 12.3 Å². The average molecular weight is 286 g/mol. The van der Waals surface area contributed by atoms with Crippen molar-refractivity contribution in [1.82, 2.24) is 10.2 Å². The molecule has 1 spiro atoms. The highest BCUT2D eigenvalue weighted by Gasteiger charge is 2.62. The minimum Gasteiger partial charge on any atom is -0.277 e. The number of rotatable bonds is 2. The van der Waals surface area contributed by atoms with Crippen molar-refractivity contribution in [3.8, 4) is 0 Å². The lowest BCUT2D eigenvalue weighted by atomic mass is 10.0. The van der Waals surface area contributed by atoms with Gasteiger partial charge in [-0.05, 0) is 25.7 Å². The fourth-order valence-corrected chi connectivity index (χ4v) is 4.53. The lowest BCUT2D eigenvalue weighted by molar-refractivity contribution is -0.144. The number of amides is 4. The molecule has 1 aliphatic carbocycles. The van der Waals surface area contributed by atoms with Gasteiger partial charge in [-0.3, -0.25) is 19.8 Å². The van der Waals surface area contributed by atoms with Gasteiger partial charge in [0.25, 0.3) is 0 Å². The Morgan fingerprint density at radius 3 is 2.47 bits per heavy atom. The third-order valence-electron chi connectivity index (χ3n) is 4.15. The monoisotopic (exact) mass is 286 g/mol. The van der Waals surface area contributed by atoms with E-state index in [2.05, 4.69) is 5.32 Å². The molecule has 3 aliphatic rings. The highest BCUT2D eigenvalue weighted by Crippen LogP contribution is 2.49. The Labute approximate surface area is 110 Å². The zero-order valence-electron chi connectivity index (χ0n) is 10.2. The maximum absolute atomic E-state index is 12.2. The van der Waals surface area contributed by atoms with Crippen LogP contribution in [0.2, 0.25) is 0 Å². The molecular formula is C11H14N2O5S. The number of carbonyl (C=O) groups excluding carboxylic acids is 3. The SMILES string of the molecule is O=C1NC(=O)C2(CC2)C(=O)N1CC1CCCS1(=O)=O. The maximum Gasteiger partial charge on any atom is 0.330 e. The third-order valence-corrected chi connectivity index (χ3v) is 6.41. The van der Waals surface area contributed by atoms with Crippen molar-refractivity contribution in [2.45, 2.75) is 30.9 Å². The first kappa shape index (κ1) is 12.6. The number of barbiturate groups is 1. The highest BCUT2D eigenvalue weighted by molar-refractivity contribution is 7.92. The molecule has 2 saturated heterocycles. The van der Waals surface area contributed by atoms with Crippen LogP contribution in [0, 0.1) is 5.41 Å². The zero-order chi connectivity index (χ0) is 13.8. The van der Waals surface area contributed by atoms with Crippen molar-refractivity contribution < 1.29 is 22.8 Å². The Balaban J connectivity index is 1.82. The molecule has 0 aromatic carbocycles. The predicted molar refractivity (Wildman–Crippen MR) is 63.7 cm³/mol. The second-order valence-electron chi connectivity index (χ2n) is 5.39. The summed E-state index contributed by atoms with van der Waals surface area (Å²) < 4.78 is 23.5. The van der Waals surface area contributed by atoms with Crippen molar-refractivity contribution in [3.63, 3.8) is 0 Å². The van der Waals surface area contributed by atoms with Crippen LogP contribution in [0.1, 0.15) is 25.7 Å². The summed E-state index contributed by atoms with van der Waals surface area (Å²) in [4.78, 5) is 36.4. The molecule has 3 rings (SSSR count). The van der Waals surface area contributed by atoms with Crippen molar-refractivity contribution >= 4 is 27.7 Å². The first-order valence-electron chi connectivity index (χ1n) is 6.26. The molecule has 7 nitrogen and oxygen atoms in total. The molecule has 104 valence electrons. The maximum atomic E-state index is 12.2. The van der Waals surface area contributed by atoms with E-state index in [4.69, 9.17) is 0 Å². The molecule has 0 aromatic heterocycles. The van der Waals surface area contributed by atoms with Crippen molar-refractivity contribution in [3.05, 3.63) is 0 Å². The van der Waals surface area contributed by atoms with Gasteiger partial charge in [-0.1, -0.05) is 0 Å². The van der Waals surface area contributed by atoms with E-state index in [-0.39, 0.29) is 12.3 Å². The van der Waals surface area contributed by atoms with Gasteiger partial charge in [0.05, 0.1) is 11.0 Å². The van der Waals surface area contributed by atoms with Crippen LogP contribution in [-0.4, -0.2) is 48.7 Å². The summed E-state index contributed by atoms with van der Waals surface area (Å²) in [6.07, 6.45) is 1.87. The Morgan fingerprint density at radius 2 is 1.95 bits per heavy atom. The van der Waals surface area contributed by atoms with Crippen molar-refractivity contribution in [1.29, 1.82) is 0 Å². The first-order chi connectivity index (χ1) is 8.87. The summed E-state index contributed by atoms with van der Waals surface area (Å²) in [5.74, 6) is -0.984. The van der Waals surface area contributed by atoms with E-state index in [1.54, 1.807) is 0 Å². The largest absolute Gasteiger partial charge is 0.330 e. The van der Waals surface area contributed by atoms with Crippen LogP contribution in [0.3, 0.4) is 0 Å². The van der Waals surface area contributed by atoms with Gasteiger partial charge in [-0.25, -0.2) is 13.2 Å². The Morgan fingerprint density at radius 1 is 1.26 bits per heavy atom. The van der Waals surface area contributed by atoms with E-state index in [0.717, 1.165) is 4.90 Å². The molecule has 1 N–H and O–H groups in total. The minimum atomic E-state index is -3.22. The molecule has 4 amide bonds. The average Bonchev–Trinajstić information content (AvgIpc) is 3.05. The molecule has 8 heteroatoms. The molecule has 0 radical (unpaired) electrons. The highest BCUT2D eigenvalue weighted by atomic mass is 32.2. The molecule has 1 unspecified atom stereocenters. The normalized spacial score (nSPS) is 31.7. The summed E-state index contributed by atoms with van der Waals surface area (Å²) >= 11 is 0. The van der Waals surface area contributed by atoms with Crippen LogP contribution in [0.15, 0.2) is 0 Å². The lowest BCUT2D eigenvalue weighted by Gasteiger charge is -2.31. The summed E-state index contributed by atoms with van der Waals surface area (Å²) in [5, 5.41) is 1.46. The molecule has 19 heavy (non-hydrogen) atoms. The molecule has 1 atom stereocenters. The number of nitrogens with one attached hydrogen (secondary N) is 1. The van der Waals surface area contributed by atoms with Gasteiger partial charge < -0.3 is 0 Å². The van der Waals surface area contributed by atoms with Crippen LogP contribution < -0.4 is 5.32 Å². The number of imide groups is 2. The predicted octanol–water partition coefficient (Wildman–Crippen LogP) is -0.578. The van der Waals surface area contributed by atoms with E-state index < -0.39 is 38.3 Å². The molecule has 0 bridgehead atoms. The van der Waals surface area contributed by atoms with E-state index in [1.165, 1.54) is 0 Å². The van der Waals surface area contributed by atoms with Crippen LogP contribution >= 0.6 is 0 Å². The summed E-state index contributed by atoms with van der Waals surface area (Å²) in [5.41, 5.74) is -1.10. The van der Waals surface area contributed by atoms with E-state index >= 15 is 0 Å². The van der Waals surface area contributed by atoms with Crippen LogP contribution in [-0.2, 0) is 19.4 Å². The number of nitrogens with zero attached hydrogens (tertiary/aromatic N) is 1. The zero-order valence-corrected chi connectivity index (χ0v) is 11.0. The summed E-state index contributed by atoms with van der Waals surface area (Å²) in [7, 11) is -3.22. The van der Waals surface area contributed by atoms with Gasteiger partial charge in [-0.15, -0.1) is 0 Å². The van der Waals surface area contributed by atoms with E-state index in [9.17, 15) is 22.8 Å². The fraction of sp³-hybridized carbons (Fsp3) is 0.727. The van der Waals surface area contributed by atoms with Crippen LogP contribution in [0.4, 0.5) is 4.79 Å². The standard InChI is InChI=1S/C11H14N2O5S/c14-8-11(3-4-11)9(15)13(10(16)12-8)6-7-2-1-5-19(7,17)18/h7H,1-6H2,(H,12,14,16). The number of urea groups is 1. The number of hydrogen-bond acceptors (Lipinski definition) is 5. The summed E-state index contributed by atoms with van der Waals surface area (Å²) in [6.45, 7) is -0.137. The second-order valence-corrected chi connectivity index (χ2v) is 7.79. The van der Waals surface area contributed by atoms with Gasteiger partial charge in [0.2, 0.25) is 11.8 Å². The molecule has 0 aromatic rings. The third kappa shape index (κ3) is 1.77. The quantitative estimate of drug-likeness (QED) is 0.685. The Hall–Kier alpha value is -1.44. The fourth-order valence-electron chi connectivity index (χ4n) is 2.73. The second kappa shape index (κ2) is 3.78. The molecular weight excluding hydrogens is 272 g/mol. The molecule has 1 saturated carbocycles. The van der Waals surface area contributed by atoms with E-state index in [0.29, 0.717) is 25.7 Å². The molecule has 2 aliphatic heterocycles. The summed E-state index contributed by atoms with van der Waals surface area (Å²) in [6, 6.07) is -0.797. The van der Waals surface area contributed by atoms with E-state index in [1.807, 2.05) is 0 Å². The Bertz CT molecular complexity index is 578. The number of carbonyl (C=O) groups is 3. The van der Waals surface area contributed by atoms with Crippen molar-refractivity contribution in [2.24, 2.45) is 5.41 Å². The van der Waals surface area contributed by atoms with Gasteiger partial charge in [-0.2, -0.15) is 0 Å². The lowest BCUT2D eigenvalue weighted by Crippen LogP contribution is -2.60. The van der Waals surface area contributed by atoms with Crippen LogP contribution in [0.25, 0.3) is 0 Å². The van der Waals surface area contributed by atoms with Crippen LogP contribution in [0.5, 0.6) is 0 Å². The first-order valence-corrected chi connectivity index (χ1v) is 7.97.